The van der Waals surface area contributed by atoms with E-state index in [2.05, 4.69) is 4.72 Å². The van der Waals surface area contributed by atoms with Crippen molar-refractivity contribution >= 4 is 10.0 Å². The molecule has 2 N–H and O–H groups in total. The van der Waals surface area contributed by atoms with Gasteiger partial charge in [-0.2, -0.15) is 0 Å². The first kappa shape index (κ1) is 16.7. The van der Waals surface area contributed by atoms with Gasteiger partial charge in [-0.05, 0) is 32.4 Å². The van der Waals surface area contributed by atoms with Crippen molar-refractivity contribution in [2.75, 3.05) is 26.4 Å². The minimum absolute atomic E-state index is 0.0595. The van der Waals surface area contributed by atoms with Gasteiger partial charge in [0, 0.05) is 19.2 Å². The molecular formula is C13H21NO5S. The number of ether oxygens (including phenoxy) is 2. The summed E-state index contributed by atoms with van der Waals surface area (Å²) in [4.78, 5) is 0.113. The van der Waals surface area contributed by atoms with Gasteiger partial charge in [0.25, 0.3) is 0 Å². The van der Waals surface area contributed by atoms with E-state index in [1.54, 1.807) is 6.07 Å². The van der Waals surface area contributed by atoms with Crippen molar-refractivity contribution in [3.8, 4) is 11.5 Å². The van der Waals surface area contributed by atoms with Crippen LogP contribution < -0.4 is 14.2 Å². The smallest absolute Gasteiger partial charge is 0.240 e. The molecule has 1 aromatic carbocycles. The highest BCUT2D eigenvalue weighted by Gasteiger charge is 2.16. The summed E-state index contributed by atoms with van der Waals surface area (Å²) in [5.74, 6) is 0.919. The third kappa shape index (κ3) is 4.66. The van der Waals surface area contributed by atoms with Gasteiger partial charge < -0.3 is 14.6 Å². The second-order valence-corrected chi connectivity index (χ2v) is 5.72. The molecule has 0 aromatic heterocycles. The third-order valence-electron chi connectivity index (χ3n) is 2.45. The van der Waals surface area contributed by atoms with Gasteiger partial charge in [-0.15, -0.1) is 0 Å². The first-order valence-electron chi connectivity index (χ1n) is 6.55. The van der Waals surface area contributed by atoms with Crippen molar-refractivity contribution in [1.29, 1.82) is 0 Å². The van der Waals surface area contributed by atoms with E-state index in [-0.39, 0.29) is 18.0 Å². The number of rotatable bonds is 9. The first-order valence-corrected chi connectivity index (χ1v) is 8.03. The maximum absolute atomic E-state index is 12.0. The quantitative estimate of drug-likeness (QED) is 0.668. The van der Waals surface area contributed by atoms with Gasteiger partial charge >= 0.3 is 0 Å². The van der Waals surface area contributed by atoms with Gasteiger partial charge in [0.1, 0.15) is 0 Å². The molecule has 1 aromatic rings. The number of aliphatic hydroxyl groups excluding tert-OH is 1. The molecule has 7 heteroatoms. The Morgan fingerprint density at radius 3 is 2.40 bits per heavy atom. The zero-order chi connectivity index (χ0) is 15.0. The van der Waals surface area contributed by atoms with E-state index in [0.717, 1.165) is 0 Å². The molecule has 0 unspecified atom stereocenters. The monoisotopic (exact) mass is 303 g/mol. The molecule has 0 bridgehead atoms. The predicted molar refractivity (Wildman–Crippen MR) is 75.7 cm³/mol. The molecule has 0 aliphatic heterocycles. The number of hydrogen-bond donors (Lipinski definition) is 2. The van der Waals surface area contributed by atoms with Crippen molar-refractivity contribution in [3.63, 3.8) is 0 Å². The van der Waals surface area contributed by atoms with Crippen LogP contribution in [0, 0.1) is 0 Å². The number of hydrogen-bond acceptors (Lipinski definition) is 5. The lowest BCUT2D eigenvalue weighted by Gasteiger charge is -2.13. The Bertz CT molecular complexity index is 515. The van der Waals surface area contributed by atoms with Crippen LogP contribution in [0.4, 0.5) is 0 Å². The van der Waals surface area contributed by atoms with E-state index in [4.69, 9.17) is 14.6 Å². The molecule has 0 saturated carbocycles. The van der Waals surface area contributed by atoms with Gasteiger partial charge in [-0.25, -0.2) is 13.1 Å². The predicted octanol–water partition coefficient (Wildman–Crippen LogP) is 1.14. The summed E-state index contributed by atoms with van der Waals surface area (Å²) in [6, 6.07) is 4.49. The highest BCUT2D eigenvalue weighted by molar-refractivity contribution is 7.89. The van der Waals surface area contributed by atoms with Crippen molar-refractivity contribution in [1.82, 2.24) is 4.72 Å². The Hall–Kier alpha value is -1.31. The molecule has 0 atom stereocenters. The summed E-state index contributed by atoms with van der Waals surface area (Å²) in [6.45, 7) is 4.68. The molecule has 20 heavy (non-hydrogen) atoms. The van der Waals surface area contributed by atoms with E-state index >= 15 is 0 Å². The summed E-state index contributed by atoms with van der Waals surface area (Å²) in [7, 11) is -3.60. The maximum atomic E-state index is 12.0. The lowest BCUT2D eigenvalue weighted by molar-refractivity contribution is 0.287. The average molecular weight is 303 g/mol. The minimum atomic E-state index is -3.60. The molecule has 0 fully saturated rings. The van der Waals surface area contributed by atoms with Crippen LogP contribution in [0.5, 0.6) is 11.5 Å². The van der Waals surface area contributed by atoms with E-state index < -0.39 is 10.0 Å². The third-order valence-corrected chi connectivity index (χ3v) is 3.91. The van der Waals surface area contributed by atoms with E-state index in [1.807, 2.05) is 13.8 Å². The Balaban J connectivity index is 2.97. The fourth-order valence-corrected chi connectivity index (χ4v) is 2.66. The summed E-state index contributed by atoms with van der Waals surface area (Å²) >= 11 is 0. The van der Waals surface area contributed by atoms with Crippen molar-refractivity contribution < 1.29 is 23.0 Å². The summed E-state index contributed by atoms with van der Waals surface area (Å²) in [5.41, 5.74) is 0. The topological polar surface area (TPSA) is 84.9 Å². The summed E-state index contributed by atoms with van der Waals surface area (Å²) in [5, 5.41) is 8.67. The molecule has 0 aliphatic carbocycles. The second kappa shape index (κ2) is 8.08. The minimum Gasteiger partial charge on any atom is -0.490 e. The lowest BCUT2D eigenvalue weighted by atomic mass is 10.3. The summed E-state index contributed by atoms with van der Waals surface area (Å²) < 4.78 is 37.3. The van der Waals surface area contributed by atoms with Crippen LogP contribution in [0.15, 0.2) is 23.1 Å². The molecule has 0 radical (unpaired) electrons. The number of nitrogens with one attached hydrogen (secondary N) is 1. The molecule has 0 heterocycles. The zero-order valence-corrected chi connectivity index (χ0v) is 12.6. The molecule has 114 valence electrons. The van der Waals surface area contributed by atoms with Crippen LogP contribution in [0.25, 0.3) is 0 Å². The first-order chi connectivity index (χ1) is 9.55. The van der Waals surface area contributed by atoms with E-state index in [1.165, 1.54) is 12.1 Å². The standard InChI is InChI=1S/C13H21NO5S/c1-3-18-12-7-6-11(10-13(12)19-4-2)20(16,17)14-8-5-9-15/h6-7,10,14-15H,3-5,8-9H2,1-2H3. The van der Waals surface area contributed by atoms with Gasteiger partial charge in [0.15, 0.2) is 11.5 Å². The second-order valence-electron chi connectivity index (χ2n) is 3.95. The van der Waals surface area contributed by atoms with Crippen molar-refractivity contribution in [2.24, 2.45) is 0 Å². The molecule has 1 rings (SSSR count). The van der Waals surface area contributed by atoms with E-state index in [0.29, 0.717) is 31.1 Å². The highest BCUT2D eigenvalue weighted by Crippen LogP contribution is 2.30. The fraction of sp³-hybridized carbons (Fsp3) is 0.538. The largest absolute Gasteiger partial charge is 0.490 e. The number of aliphatic hydroxyl groups is 1. The molecule has 0 aliphatic rings. The molecule has 6 nitrogen and oxygen atoms in total. The van der Waals surface area contributed by atoms with Crippen molar-refractivity contribution in [2.45, 2.75) is 25.2 Å². The fourth-order valence-electron chi connectivity index (χ4n) is 1.57. The normalized spacial score (nSPS) is 11.3. The van der Waals surface area contributed by atoms with Crippen molar-refractivity contribution in [3.05, 3.63) is 18.2 Å². The zero-order valence-electron chi connectivity index (χ0n) is 11.8. The average Bonchev–Trinajstić information content (AvgIpc) is 2.41. The SMILES string of the molecule is CCOc1ccc(S(=O)(=O)NCCCO)cc1OCC. The highest BCUT2D eigenvalue weighted by atomic mass is 32.2. The van der Waals surface area contributed by atoms with Crippen LogP contribution in [-0.4, -0.2) is 39.9 Å². The lowest BCUT2D eigenvalue weighted by Crippen LogP contribution is -2.25. The van der Waals surface area contributed by atoms with Gasteiger partial charge in [0.05, 0.1) is 18.1 Å². The van der Waals surface area contributed by atoms with E-state index in [9.17, 15) is 8.42 Å². The van der Waals surface area contributed by atoms with Gasteiger partial charge in [-0.1, -0.05) is 0 Å². The Labute approximate surface area is 119 Å². The maximum Gasteiger partial charge on any atom is 0.240 e. The van der Waals surface area contributed by atoms with Crippen LogP contribution in [0.2, 0.25) is 0 Å². The van der Waals surface area contributed by atoms with Gasteiger partial charge in [0.2, 0.25) is 10.0 Å². The Morgan fingerprint density at radius 2 is 1.80 bits per heavy atom. The molecule has 0 amide bonds. The Kier molecular flexibility index (Phi) is 6.77. The number of benzene rings is 1. The van der Waals surface area contributed by atoms with Gasteiger partial charge in [-0.3, -0.25) is 0 Å². The van der Waals surface area contributed by atoms with Crippen LogP contribution >= 0.6 is 0 Å². The van der Waals surface area contributed by atoms with Crippen LogP contribution in [-0.2, 0) is 10.0 Å². The molecular weight excluding hydrogens is 282 g/mol. The van der Waals surface area contributed by atoms with Crippen LogP contribution in [0.1, 0.15) is 20.3 Å². The molecule has 0 saturated heterocycles. The Morgan fingerprint density at radius 1 is 1.15 bits per heavy atom. The van der Waals surface area contributed by atoms with Crippen LogP contribution in [0.3, 0.4) is 0 Å². The molecule has 0 spiro atoms. The number of sulfonamides is 1. The summed E-state index contributed by atoms with van der Waals surface area (Å²) in [6.07, 6.45) is 0.370.